The lowest BCUT2D eigenvalue weighted by molar-refractivity contribution is -0.124. The number of nitrogens with one attached hydrogen (secondary N) is 1. The van der Waals surface area contributed by atoms with E-state index in [1.165, 1.54) is 10.8 Å². The smallest absolute Gasteiger partial charge is 0.224 e. The van der Waals surface area contributed by atoms with Crippen LogP contribution in [0.1, 0.15) is 12.5 Å². The molecule has 0 fully saturated rings. The van der Waals surface area contributed by atoms with Crippen LogP contribution in [0.25, 0.3) is 10.8 Å². The van der Waals surface area contributed by atoms with Gasteiger partial charge >= 0.3 is 0 Å². The molecule has 0 heterocycles. The standard InChI is InChI=1S/C15H18N2O/c1-11(9-16)15(18)17-10-12-6-7-13-4-2-3-5-14(13)8-12/h2-8,11H,9-10,16H2,1H3,(H,17,18). The van der Waals surface area contributed by atoms with E-state index in [2.05, 4.69) is 29.6 Å². The van der Waals surface area contributed by atoms with Crippen molar-refractivity contribution in [3.63, 3.8) is 0 Å². The molecule has 94 valence electrons. The van der Waals surface area contributed by atoms with Crippen molar-refractivity contribution in [3.05, 3.63) is 48.0 Å². The van der Waals surface area contributed by atoms with Gasteiger partial charge in [-0.15, -0.1) is 0 Å². The van der Waals surface area contributed by atoms with Gasteiger partial charge in [-0.05, 0) is 22.4 Å². The normalized spacial score (nSPS) is 12.3. The second-order valence-corrected chi connectivity index (χ2v) is 4.54. The lowest BCUT2D eigenvalue weighted by Crippen LogP contribution is -2.32. The van der Waals surface area contributed by atoms with E-state index in [1.54, 1.807) is 0 Å². The fourth-order valence-electron chi connectivity index (χ4n) is 1.82. The van der Waals surface area contributed by atoms with E-state index in [9.17, 15) is 4.79 Å². The summed E-state index contributed by atoms with van der Waals surface area (Å²) in [6.45, 7) is 2.76. The van der Waals surface area contributed by atoms with Crippen LogP contribution < -0.4 is 11.1 Å². The highest BCUT2D eigenvalue weighted by molar-refractivity contribution is 5.83. The Kier molecular flexibility index (Phi) is 3.95. The highest BCUT2D eigenvalue weighted by atomic mass is 16.1. The average Bonchev–Trinajstić information content (AvgIpc) is 2.43. The molecular formula is C15H18N2O. The van der Waals surface area contributed by atoms with Gasteiger partial charge in [-0.25, -0.2) is 0 Å². The molecule has 2 rings (SSSR count). The van der Waals surface area contributed by atoms with Crippen LogP contribution >= 0.6 is 0 Å². The largest absolute Gasteiger partial charge is 0.352 e. The maximum atomic E-state index is 11.6. The summed E-state index contributed by atoms with van der Waals surface area (Å²) in [6.07, 6.45) is 0. The van der Waals surface area contributed by atoms with Crippen LogP contribution in [-0.2, 0) is 11.3 Å². The van der Waals surface area contributed by atoms with E-state index in [0.717, 1.165) is 5.56 Å². The maximum absolute atomic E-state index is 11.6. The molecule has 3 heteroatoms. The van der Waals surface area contributed by atoms with Crippen molar-refractivity contribution in [3.8, 4) is 0 Å². The molecule has 0 aliphatic heterocycles. The number of fused-ring (bicyclic) bond motifs is 1. The molecule has 2 aromatic rings. The summed E-state index contributed by atoms with van der Waals surface area (Å²) in [5.41, 5.74) is 6.56. The van der Waals surface area contributed by atoms with Crippen LogP contribution in [0.15, 0.2) is 42.5 Å². The summed E-state index contributed by atoms with van der Waals surface area (Å²) >= 11 is 0. The quantitative estimate of drug-likeness (QED) is 0.862. The van der Waals surface area contributed by atoms with E-state index in [4.69, 9.17) is 5.73 Å². The van der Waals surface area contributed by atoms with Crippen molar-refractivity contribution in [2.45, 2.75) is 13.5 Å². The number of rotatable bonds is 4. The SMILES string of the molecule is CC(CN)C(=O)NCc1ccc2ccccc2c1. The van der Waals surface area contributed by atoms with Gasteiger partial charge in [0, 0.05) is 19.0 Å². The van der Waals surface area contributed by atoms with Crippen LogP contribution in [0.4, 0.5) is 0 Å². The molecule has 0 aromatic heterocycles. The number of hydrogen-bond donors (Lipinski definition) is 2. The van der Waals surface area contributed by atoms with E-state index in [0.29, 0.717) is 13.1 Å². The van der Waals surface area contributed by atoms with Gasteiger partial charge in [0.25, 0.3) is 0 Å². The molecule has 0 saturated heterocycles. The second kappa shape index (κ2) is 5.65. The molecule has 2 aromatic carbocycles. The predicted octanol–water partition coefficient (Wildman–Crippen LogP) is 2.05. The summed E-state index contributed by atoms with van der Waals surface area (Å²) < 4.78 is 0. The van der Waals surface area contributed by atoms with Crippen molar-refractivity contribution in [2.75, 3.05) is 6.54 Å². The van der Waals surface area contributed by atoms with Gasteiger partial charge < -0.3 is 11.1 Å². The van der Waals surface area contributed by atoms with Gasteiger partial charge in [0.1, 0.15) is 0 Å². The molecular weight excluding hydrogens is 224 g/mol. The Bertz CT molecular complexity index is 551. The van der Waals surface area contributed by atoms with Crippen molar-refractivity contribution in [2.24, 2.45) is 11.7 Å². The van der Waals surface area contributed by atoms with Gasteiger partial charge in [-0.1, -0.05) is 43.3 Å². The third-order valence-corrected chi connectivity index (χ3v) is 3.08. The third-order valence-electron chi connectivity index (χ3n) is 3.08. The number of carbonyl (C=O) groups excluding carboxylic acids is 1. The Morgan fingerprint density at radius 3 is 2.67 bits per heavy atom. The van der Waals surface area contributed by atoms with Crippen molar-refractivity contribution >= 4 is 16.7 Å². The monoisotopic (exact) mass is 242 g/mol. The van der Waals surface area contributed by atoms with E-state index >= 15 is 0 Å². The number of benzene rings is 2. The number of amides is 1. The van der Waals surface area contributed by atoms with Gasteiger partial charge in [-0.3, -0.25) is 4.79 Å². The molecule has 3 N–H and O–H groups in total. The fraction of sp³-hybridized carbons (Fsp3) is 0.267. The first-order valence-electron chi connectivity index (χ1n) is 6.16. The number of carbonyl (C=O) groups is 1. The van der Waals surface area contributed by atoms with E-state index < -0.39 is 0 Å². The third kappa shape index (κ3) is 2.87. The average molecular weight is 242 g/mol. The van der Waals surface area contributed by atoms with Gasteiger partial charge in [0.2, 0.25) is 5.91 Å². The van der Waals surface area contributed by atoms with Gasteiger partial charge in [0.15, 0.2) is 0 Å². The van der Waals surface area contributed by atoms with Gasteiger partial charge in [0.05, 0.1) is 0 Å². The summed E-state index contributed by atoms with van der Waals surface area (Å²) in [7, 11) is 0. The second-order valence-electron chi connectivity index (χ2n) is 4.54. The first-order chi connectivity index (χ1) is 8.70. The topological polar surface area (TPSA) is 55.1 Å². The van der Waals surface area contributed by atoms with Crippen molar-refractivity contribution in [1.82, 2.24) is 5.32 Å². The number of hydrogen-bond acceptors (Lipinski definition) is 2. The molecule has 1 amide bonds. The molecule has 0 saturated carbocycles. The summed E-state index contributed by atoms with van der Waals surface area (Å²) in [5.74, 6) is -0.129. The van der Waals surface area contributed by atoms with Crippen LogP contribution in [0.2, 0.25) is 0 Å². The molecule has 0 aliphatic rings. The van der Waals surface area contributed by atoms with Gasteiger partial charge in [-0.2, -0.15) is 0 Å². The summed E-state index contributed by atoms with van der Waals surface area (Å²) in [6, 6.07) is 14.4. The molecule has 0 spiro atoms. The molecule has 0 radical (unpaired) electrons. The van der Waals surface area contributed by atoms with E-state index in [-0.39, 0.29) is 11.8 Å². The molecule has 3 nitrogen and oxygen atoms in total. The molecule has 1 atom stereocenters. The lowest BCUT2D eigenvalue weighted by atomic mass is 10.1. The van der Waals surface area contributed by atoms with E-state index in [1.807, 2.05) is 25.1 Å². The zero-order valence-corrected chi connectivity index (χ0v) is 10.5. The predicted molar refractivity (Wildman–Crippen MR) is 74.0 cm³/mol. The molecule has 18 heavy (non-hydrogen) atoms. The van der Waals surface area contributed by atoms with Crippen LogP contribution in [0, 0.1) is 5.92 Å². The Morgan fingerprint density at radius 2 is 1.94 bits per heavy atom. The first-order valence-corrected chi connectivity index (χ1v) is 6.16. The van der Waals surface area contributed by atoms with Crippen molar-refractivity contribution in [1.29, 1.82) is 0 Å². The zero-order valence-electron chi connectivity index (χ0n) is 10.5. The minimum absolute atomic E-state index is 0.00524. The number of nitrogens with two attached hydrogens (primary N) is 1. The summed E-state index contributed by atoms with van der Waals surface area (Å²) in [4.78, 5) is 11.6. The first kappa shape index (κ1) is 12.6. The maximum Gasteiger partial charge on any atom is 0.224 e. The van der Waals surface area contributed by atoms with Crippen LogP contribution in [0.5, 0.6) is 0 Å². The Labute approximate surface area is 107 Å². The summed E-state index contributed by atoms with van der Waals surface area (Å²) in [5, 5.41) is 5.30. The molecule has 0 bridgehead atoms. The zero-order chi connectivity index (χ0) is 13.0. The Hall–Kier alpha value is -1.87. The highest BCUT2D eigenvalue weighted by Gasteiger charge is 2.09. The minimum atomic E-state index is -0.134. The highest BCUT2D eigenvalue weighted by Crippen LogP contribution is 2.15. The van der Waals surface area contributed by atoms with Crippen molar-refractivity contribution < 1.29 is 4.79 Å². The molecule has 1 unspecified atom stereocenters. The van der Waals surface area contributed by atoms with Crippen LogP contribution in [0.3, 0.4) is 0 Å². The minimum Gasteiger partial charge on any atom is -0.352 e. The Morgan fingerprint density at radius 1 is 1.22 bits per heavy atom. The molecule has 0 aliphatic carbocycles. The lowest BCUT2D eigenvalue weighted by Gasteiger charge is -2.10. The fourth-order valence-corrected chi connectivity index (χ4v) is 1.82. The van der Waals surface area contributed by atoms with Crippen LogP contribution in [-0.4, -0.2) is 12.5 Å². The Balaban J connectivity index is 2.06.